The van der Waals surface area contributed by atoms with Crippen LogP contribution in [0, 0.1) is 0 Å². The monoisotopic (exact) mass is 160 g/mol. The highest BCUT2D eigenvalue weighted by Crippen LogP contribution is 2.16. The van der Waals surface area contributed by atoms with E-state index in [1.54, 1.807) is 12.3 Å². The van der Waals surface area contributed by atoms with Crippen molar-refractivity contribution < 1.29 is 0 Å². The van der Waals surface area contributed by atoms with Crippen LogP contribution in [0.15, 0.2) is 36.0 Å². The SMILES string of the molecule is C=Cc1cc[nH]c1/N=C\C=C/C. The first-order valence-electron chi connectivity index (χ1n) is 3.83. The fraction of sp³-hybridized carbons (Fsp3) is 0.100. The molecular formula is C10H12N2. The van der Waals surface area contributed by atoms with E-state index in [0.29, 0.717) is 0 Å². The molecule has 0 bridgehead atoms. The predicted molar refractivity (Wildman–Crippen MR) is 53.8 cm³/mol. The number of rotatable bonds is 3. The maximum absolute atomic E-state index is 4.19. The van der Waals surface area contributed by atoms with Crippen molar-refractivity contribution in [1.29, 1.82) is 0 Å². The standard InChI is InChI=1S/C10H12N2/c1-3-5-7-11-10-9(4-2)6-8-12-10/h3-8,12H,2H2,1H3/b5-3-,11-7-. The van der Waals surface area contributed by atoms with Gasteiger partial charge in [0.15, 0.2) is 0 Å². The summed E-state index contributed by atoms with van der Waals surface area (Å²) >= 11 is 0. The van der Waals surface area contributed by atoms with Gasteiger partial charge in [0.05, 0.1) is 0 Å². The van der Waals surface area contributed by atoms with E-state index in [0.717, 1.165) is 11.4 Å². The van der Waals surface area contributed by atoms with Crippen LogP contribution in [0.3, 0.4) is 0 Å². The summed E-state index contributed by atoms with van der Waals surface area (Å²) in [4.78, 5) is 7.20. The van der Waals surface area contributed by atoms with Gasteiger partial charge in [-0.3, -0.25) is 0 Å². The molecule has 1 rings (SSSR count). The fourth-order valence-electron chi connectivity index (χ4n) is 0.853. The van der Waals surface area contributed by atoms with Gasteiger partial charge in [-0.25, -0.2) is 4.99 Å². The predicted octanol–water partition coefficient (Wildman–Crippen LogP) is 2.94. The molecule has 0 spiro atoms. The quantitative estimate of drug-likeness (QED) is 0.658. The highest BCUT2D eigenvalue weighted by Gasteiger charge is 1.94. The smallest absolute Gasteiger partial charge is 0.137 e. The van der Waals surface area contributed by atoms with Crippen LogP contribution >= 0.6 is 0 Å². The van der Waals surface area contributed by atoms with Crippen molar-refractivity contribution >= 4 is 18.1 Å². The largest absolute Gasteiger partial charge is 0.346 e. The maximum Gasteiger partial charge on any atom is 0.137 e. The Labute approximate surface area is 72.3 Å². The first-order chi connectivity index (χ1) is 5.88. The van der Waals surface area contributed by atoms with Crippen molar-refractivity contribution in [2.24, 2.45) is 4.99 Å². The zero-order valence-corrected chi connectivity index (χ0v) is 7.12. The second kappa shape index (κ2) is 4.34. The molecular weight excluding hydrogens is 148 g/mol. The topological polar surface area (TPSA) is 28.1 Å². The number of aliphatic imine (C=N–C) groups is 1. The summed E-state index contributed by atoms with van der Waals surface area (Å²) in [7, 11) is 0. The first kappa shape index (κ1) is 8.53. The van der Waals surface area contributed by atoms with E-state index in [1.807, 2.05) is 31.3 Å². The number of hydrogen-bond acceptors (Lipinski definition) is 1. The summed E-state index contributed by atoms with van der Waals surface area (Å²) in [5.41, 5.74) is 1.02. The summed E-state index contributed by atoms with van der Waals surface area (Å²) in [6.07, 6.45) is 9.19. The molecule has 62 valence electrons. The molecule has 0 unspecified atom stereocenters. The third kappa shape index (κ3) is 1.95. The minimum atomic E-state index is 0.850. The van der Waals surface area contributed by atoms with Crippen LogP contribution in [0.5, 0.6) is 0 Å². The van der Waals surface area contributed by atoms with Crippen LogP contribution in [0.4, 0.5) is 5.82 Å². The van der Waals surface area contributed by atoms with Gasteiger partial charge < -0.3 is 4.98 Å². The molecule has 1 aromatic rings. The Bertz CT molecular complexity index is 305. The molecule has 2 nitrogen and oxygen atoms in total. The Balaban J connectivity index is 2.80. The average molecular weight is 160 g/mol. The molecule has 1 aromatic heterocycles. The number of aromatic amines is 1. The normalized spacial score (nSPS) is 11.4. The van der Waals surface area contributed by atoms with Crippen LogP contribution in [0.2, 0.25) is 0 Å². The second-order valence-electron chi connectivity index (χ2n) is 2.29. The number of hydrogen-bond donors (Lipinski definition) is 1. The molecule has 1 heterocycles. The molecule has 0 saturated heterocycles. The zero-order valence-electron chi connectivity index (χ0n) is 7.12. The van der Waals surface area contributed by atoms with E-state index >= 15 is 0 Å². The molecule has 0 amide bonds. The summed E-state index contributed by atoms with van der Waals surface area (Å²) in [5.74, 6) is 0.850. The minimum Gasteiger partial charge on any atom is -0.346 e. The molecule has 0 radical (unpaired) electrons. The molecule has 0 fully saturated rings. The van der Waals surface area contributed by atoms with Gasteiger partial charge in [-0.2, -0.15) is 0 Å². The van der Waals surface area contributed by atoms with Crippen LogP contribution in [-0.2, 0) is 0 Å². The average Bonchev–Trinajstić information content (AvgIpc) is 2.52. The molecule has 12 heavy (non-hydrogen) atoms. The van der Waals surface area contributed by atoms with Crippen molar-refractivity contribution in [1.82, 2.24) is 4.98 Å². The van der Waals surface area contributed by atoms with Crippen LogP contribution in [0.25, 0.3) is 6.08 Å². The van der Waals surface area contributed by atoms with E-state index in [-0.39, 0.29) is 0 Å². The number of H-pyrrole nitrogens is 1. The summed E-state index contributed by atoms with van der Waals surface area (Å²) in [6.45, 7) is 5.63. The van der Waals surface area contributed by atoms with Gasteiger partial charge >= 0.3 is 0 Å². The molecule has 0 aliphatic heterocycles. The van der Waals surface area contributed by atoms with E-state index in [9.17, 15) is 0 Å². The van der Waals surface area contributed by atoms with E-state index < -0.39 is 0 Å². The second-order valence-corrected chi connectivity index (χ2v) is 2.29. The van der Waals surface area contributed by atoms with Crippen molar-refractivity contribution in [2.75, 3.05) is 0 Å². The molecule has 0 aromatic carbocycles. The fourth-order valence-corrected chi connectivity index (χ4v) is 0.853. The molecule has 0 atom stereocenters. The molecule has 2 heteroatoms. The Morgan fingerprint density at radius 2 is 2.42 bits per heavy atom. The van der Waals surface area contributed by atoms with Crippen molar-refractivity contribution in [3.63, 3.8) is 0 Å². The lowest BCUT2D eigenvalue weighted by molar-refractivity contribution is 1.34. The molecule has 1 N–H and O–H groups in total. The Morgan fingerprint density at radius 1 is 1.58 bits per heavy atom. The number of aromatic nitrogens is 1. The highest BCUT2D eigenvalue weighted by atomic mass is 14.9. The number of allylic oxidation sites excluding steroid dienone is 2. The first-order valence-corrected chi connectivity index (χ1v) is 3.83. The number of nitrogens with zero attached hydrogens (tertiary/aromatic N) is 1. The summed E-state index contributed by atoms with van der Waals surface area (Å²) in [5, 5.41) is 0. The Hall–Kier alpha value is -1.57. The molecule has 0 aliphatic carbocycles. The third-order valence-electron chi connectivity index (χ3n) is 1.46. The van der Waals surface area contributed by atoms with Crippen molar-refractivity contribution in [3.05, 3.63) is 36.6 Å². The lowest BCUT2D eigenvalue weighted by atomic mass is 10.3. The third-order valence-corrected chi connectivity index (χ3v) is 1.46. The van der Waals surface area contributed by atoms with Crippen LogP contribution < -0.4 is 0 Å². The zero-order chi connectivity index (χ0) is 8.81. The summed E-state index contributed by atoms with van der Waals surface area (Å²) < 4.78 is 0. The van der Waals surface area contributed by atoms with Gasteiger partial charge in [-0.15, -0.1) is 0 Å². The van der Waals surface area contributed by atoms with E-state index in [1.165, 1.54) is 0 Å². The highest BCUT2D eigenvalue weighted by molar-refractivity contribution is 5.75. The van der Waals surface area contributed by atoms with E-state index in [2.05, 4.69) is 16.6 Å². The van der Waals surface area contributed by atoms with Crippen LogP contribution in [0.1, 0.15) is 12.5 Å². The van der Waals surface area contributed by atoms with Gasteiger partial charge in [0.1, 0.15) is 5.82 Å². The summed E-state index contributed by atoms with van der Waals surface area (Å²) in [6, 6.07) is 1.94. The maximum atomic E-state index is 4.19. The van der Waals surface area contributed by atoms with Crippen LogP contribution in [-0.4, -0.2) is 11.2 Å². The Morgan fingerprint density at radius 3 is 3.08 bits per heavy atom. The van der Waals surface area contributed by atoms with Gasteiger partial charge in [0.2, 0.25) is 0 Å². The lowest BCUT2D eigenvalue weighted by Gasteiger charge is -1.88. The van der Waals surface area contributed by atoms with Gasteiger partial charge in [-0.05, 0) is 19.1 Å². The van der Waals surface area contributed by atoms with Crippen molar-refractivity contribution in [3.8, 4) is 0 Å². The van der Waals surface area contributed by atoms with Gasteiger partial charge in [-0.1, -0.05) is 18.7 Å². The lowest BCUT2D eigenvalue weighted by Crippen LogP contribution is -1.68. The van der Waals surface area contributed by atoms with Gasteiger partial charge in [0.25, 0.3) is 0 Å². The van der Waals surface area contributed by atoms with E-state index in [4.69, 9.17) is 0 Å². The van der Waals surface area contributed by atoms with Gasteiger partial charge in [0, 0.05) is 18.0 Å². The molecule has 0 aliphatic rings. The Kier molecular flexibility index (Phi) is 3.08. The molecule has 0 saturated carbocycles. The minimum absolute atomic E-state index is 0.850. The number of nitrogens with one attached hydrogen (secondary N) is 1. The van der Waals surface area contributed by atoms with Crippen molar-refractivity contribution in [2.45, 2.75) is 6.92 Å².